The molecule has 10 heterocycles. The molecule has 4 nitrogen and oxygen atoms in total. The van der Waals surface area contributed by atoms with E-state index >= 15 is 0 Å². The first kappa shape index (κ1) is 10.9. The standard InChI is InChI=1S/C8H12O4.2C5H5.Fe/c1-6(8(10)11-3)4-7(2)12-5-9;2*1-2-4-5-3-1;/h4-5,7H,1-3H3;2*1-5H;. The van der Waals surface area contributed by atoms with Crippen molar-refractivity contribution in [2.75, 3.05) is 7.11 Å². The predicted octanol–water partition coefficient (Wildman–Crippen LogP) is 4.04. The van der Waals surface area contributed by atoms with Crippen LogP contribution in [0, 0.1) is 0 Å². The molecule has 1 unspecified atom stereocenters. The Hall–Kier alpha value is -0.801. The van der Waals surface area contributed by atoms with E-state index in [4.69, 9.17) is 0 Å². The van der Waals surface area contributed by atoms with Crippen molar-refractivity contribution in [1.29, 1.82) is 0 Å². The molecule has 0 amide bonds. The quantitative estimate of drug-likeness (QED) is 0.329. The second kappa shape index (κ2) is 1.14. The van der Waals surface area contributed by atoms with Gasteiger partial charge in [0.15, 0.2) is 0 Å². The normalized spacial score (nSPS) is 88.7. The molecule has 0 aromatic heterocycles. The summed E-state index contributed by atoms with van der Waals surface area (Å²) in [6.07, 6.45) is 1.11. The average molecular weight is 358 g/mol. The first-order valence-corrected chi connectivity index (χ1v) is 15.2. The molecule has 10 fully saturated rings. The van der Waals surface area contributed by atoms with Gasteiger partial charge in [0.2, 0.25) is 0 Å². The molecule has 23 heavy (non-hydrogen) atoms. The van der Waals surface area contributed by atoms with Crippen molar-refractivity contribution in [3.8, 4) is 0 Å². The second-order valence-electron chi connectivity index (χ2n) is 11.9. The van der Waals surface area contributed by atoms with Gasteiger partial charge in [-0.2, -0.15) is 0 Å². The number of carbonyl (C=O) groups excluding carboxylic acids is 2. The van der Waals surface area contributed by atoms with Crippen LogP contribution in [-0.2, 0) is 25.6 Å². The summed E-state index contributed by atoms with van der Waals surface area (Å²) >= 11 is 0. The van der Waals surface area contributed by atoms with Gasteiger partial charge in [-0.3, -0.25) is 4.79 Å². The summed E-state index contributed by atoms with van der Waals surface area (Å²) in [5.41, 5.74) is 0.423. The molecule has 0 saturated carbocycles. The Morgan fingerprint density at radius 2 is 1.35 bits per heavy atom. The topological polar surface area (TPSA) is 52.6 Å². The maximum absolute atomic E-state index is 10.8. The van der Waals surface area contributed by atoms with Crippen LogP contribution in [0.5, 0.6) is 0 Å². The molecule has 0 aromatic carbocycles. The van der Waals surface area contributed by atoms with Gasteiger partial charge in [0.1, 0.15) is 6.10 Å². The van der Waals surface area contributed by atoms with Gasteiger partial charge in [0, 0.05) is 5.57 Å². The van der Waals surface area contributed by atoms with Crippen LogP contribution < -0.4 is 0 Å². The minimum atomic E-state index is -2.28. The van der Waals surface area contributed by atoms with Gasteiger partial charge in [0.05, 0.1) is 7.11 Å². The third-order valence-electron chi connectivity index (χ3n) is 15.8. The molecule has 0 aromatic rings. The summed E-state index contributed by atoms with van der Waals surface area (Å²) in [4.78, 5) is 36.6. The molecular weight excluding hydrogens is 336 g/mol. The van der Waals surface area contributed by atoms with E-state index in [1.165, 1.54) is 13.2 Å². The van der Waals surface area contributed by atoms with Crippen molar-refractivity contribution in [2.45, 2.75) is 68.1 Å². The van der Waals surface area contributed by atoms with Crippen LogP contribution >= 0.6 is 0 Å². The third-order valence-corrected chi connectivity index (χ3v) is 57.7. The van der Waals surface area contributed by atoms with Gasteiger partial charge in [-0.25, -0.2) is 4.79 Å². The first-order valence-electron chi connectivity index (χ1n) is 8.85. The SMILES string of the molecule is COC(=O)C(C)=CC(C)OC=O.[CH]12[CH]3[CH]4[CH]5[CH]1[Fe]23451678[CH]2[CH]1[CH]6[CH]7[CH]28. The van der Waals surface area contributed by atoms with E-state index in [-0.39, 0.29) is 0 Å². The summed E-state index contributed by atoms with van der Waals surface area (Å²) in [6.45, 7) is 1.30. The third kappa shape index (κ3) is 0.174. The Balaban J connectivity index is 0.0000000827. The Morgan fingerprint density at radius 1 is 0.957 bits per heavy atom. The van der Waals surface area contributed by atoms with E-state index in [0.717, 1.165) is 0 Å². The monoisotopic (exact) mass is 358 g/mol. The van der Waals surface area contributed by atoms with Crippen LogP contribution in [0.1, 0.15) is 13.8 Å². The number of hydrogen-bond donors (Lipinski definition) is 0. The number of hydrogen-bond acceptors (Lipinski definition) is 4. The average Bonchev–Trinajstić information content (AvgIpc) is 3.47. The van der Waals surface area contributed by atoms with E-state index in [2.05, 4.69) is 9.47 Å². The number of rotatable bonds is 4. The molecule has 10 saturated heterocycles. The van der Waals surface area contributed by atoms with E-state index in [1.807, 2.05) is 0 Å². The molecule has 0 aliphatic carbocycles. The number of esters is 1. The van der Waals surface area contributed by atoms with Crippen molar-refractivity contribution < 1.29 is 25.6 Å². The van der Waals surface area contributed by atoms with E-state index in [1.54, 1.807) is 62.0 Å². The molecule has 0 radical (unpaired) electrons. The fraction of sp³-hybridized carbons (Fsp3) is 0.778. The molecule has 10 aliphatic heterocycles. The van der Waals surface area contributed by atoms with E-state index < -0.39 is 18.6 Å². The van der Waals surface area contributed by atoms with Crippen molar-refractivity contribution in [2.24, 2.45) is 0 Å². The number of methoxy groups -OCH3 is 1. The van der Waals surface area contributed by atoms with Gasteiger partial charge in [-0.1, -0.05) is 0 Å². The van der Waals surface area contributed by atoms with Gasteiger partial charge < -0.3 is 9.47 Å². The molecule has 0 N–H and O–H groups in total. The minimum absolute atomic E-state index is 0.339. The van der Waals surface area contributed by atoms with E-state index in [9.17, 15) is 9.59 Å². The zero-order valence-corrected chi connectivity index (χ0v) is 14.6. The van der Waals surface area contributed by atoms with Crippen molar-refractivity contribution in [3.63, 3.8) is 0 Å². The zero-order chi connectivity index (χ0) is 15.7. The summed E-state index contributed by atoms with van der Waals surface area (Å²) in [7, 11) is 1.30. The van der Waals surface area contributed by atoms with Crippen LogP contribution in [0.3, 0.4) is 0 Å². The molecule has 5 heteroatoms. The Morgan fingerprint density at radius 3 is 1.57 bits per heavy atom. The fourth-order valence-corrected chi connectivity index (χ4v) is 88.7. The van der Waals surface area contributed by atoms with Crippen molar-refractivity contribution in [1.82, 2.24) is 0 Å². The van der Waals surface area contributed by atoms with Gasteiger partial charge in [0.25, 0.3) is 6.47 Å². The van der Waals surface area contributed by atoms with Crippen molar-refractivity contribution >= 4 is 12.4 Å². The predicted molar refractivity (Wildman–Crippen MR) is 79.9 cm³/mol. The second-order valence-corrected chi connectivity index (χ2v) is 35.8. The van der Waals surface area contributed by atoms with Gasteiger partial charge in [-0.05, 0) is 19.9 Å². The van der Waals surface area contributed by atoms with E-state index in [0.29, 0.717) is 12.0 Å². The number of carbonyl (C=O) groups is 2. The molecule has 0 bridgehead atoms. The molecule has 10 aliphatic rings. The summed E-state index contributed by atoms with van der Waals surface area (Å²) in [5, 5.41) is 0. The number of fused-ring (bicyclic) bond motifs is 10. The summed E-state index contributed by atoms with van der Waals surface area (Å²) in [6, 6.07) is 0. The van der Waals surface area contributed by atoms with Crippen LogP contribution in [0.4, 0.5) is 0 Å². The molecule has 10 rings (SSSR count). The molecule has 126 valence electrons. The molecule has 1 atom stereocenters. The van der Waals surface area contributed by atoms with Gasteiger partial charge in [-0.15, -0.1) is 0 Å². The molecule has 1 spiro atoms. The van der Waals surface area contributed by atoms with Crippen LogP contribution in [-0.4, -0.2) is 25.7 Å². The summed E-state index contributed by atoms with van der Waals surface area (Å²) in [5.74, 6) is -0.420. The summed E-state index contributed by atoms with van der Waals surface area (Å²) < 4.78 is 8.98. The Bertz CT molecular complexity index is 923. The van der Waals surface area contributed by atoms with Crippen LogP contribution in [0.2, 0.25) is 48.2 Å². The van der Waals surface area contributed by atoms with Crippen LogP contribution in [0.25, 0.3) is 0 Å². The number of ether oxygens (including phenoxy) is 2. The Labute approximate surface area is 125 Å². The van der Waals surface area contributed by atoms with Gasteiger partial charge >= 0.3 is 60.6 Å². The fourth-order valence-electron chi connectivity index (χ4n) is 16.5. The van der Waals surface area contributed by atoms with Crippen LogP contribution in [0.15, 0.2) is 11.6 Å². The Kier molecular flexibility index (Phi) is 0.541. The first-order chi connectivity index (χ1) is 10.8. The zero-order valence-electron chi connectivity index (χ0n) is 13.5. The molecular formula is C18H22FeO4. The maximum atomic E-state index is 10.8. The van der Waals surface area contributed by atoms with Crippen molar-refractivity contribution in [3.05, 3.63) is 11.6 Å².